The Hall–Kier alpha value is -1.76. The zero-order chi connectivity index (χ0) is 18.6. The highest BCUT2D eigenvalue weighted by molar-refractivity contribution is 7.91. The van der Waals surface area contributed by atoms with Gasteiger partial charge in [0.15, 0.2) is 15.8 Å². The quantitative estimate of drug-likeness (QED) is 0.605. The van der Waals surface area contributed by atoms with Crippen LogP contribution in [-0.4, -0.2) is 52.6 Å². The van der Waals surface area contributed by atoms with Gasteiger partial charge in [0.05, 0.1) is 17.5 Å². The molecule has 0 aromatic heterocycles. The SMILES string of the molecule is CN=C(NCC1CCS(=O)(=O)C1)NC(C)c1cccc(N2CCCC2)c1. The number of anilines is 1. The molecule has 2 saturated heterocycles. The summed E-state index contributed by atoms with van der Waals surface area (Å²) < 4.78 is 23.2. The van der Waals surface area contributed by atoms with E-state index in [-0.39, 0.29) is 17.7 Å². The monoisotopic (exact) mass is 378 g/mol. The van der Waals surface area contributed by atoms with Crippen LogP contribution in [0.4, 0.5) is 5.69 Å². The summed E-state index contributed by atoms with van der Waals surface area (Å²) in [4.78, 5) is 6.72. The third-order valence-corrected chi connectivity index (χ3v) is 7.14. The van der Waals surface area contributed by atoms with Crippen LogP contribution < -0.4 is 15.5 Å². The number of hydrogen-bond donors (Lipinski definition) is 2. The lowest BCUT2D eigenvalue weighted by Gasteiger charge is -2.22. The largest absolute Gasteiger partial charge is 0.372 e. The van der Waals surface area contributed by atoms with Gasteiger partial charge in [0, 0.05) is 32.4 Å². The minimum absolute atomic E-state index is 0.121. The van der Waals surface area contributed by atoms with Crippen molar-refractivity contribution in [1.82, 2.24) is 10.6 Å². The molecule has 2 unspecified atom stereocenters. The molecule has 3 rings (SSSR count). The van der Waals surface area contributed by atoms with Gasteiger partial charge in [0.1, 0.15) is 0 Å². The fourth-order valence-electron chi connectivity index (χ4n) is 3.72. The number of guanidine groups is 1. The molecule has 0 amide bonds. The summed E-state index contributed by atoms with van der Waals surface area (Å²) in [7, 11) is -1.09. The average molecular weight is 379 g/mol. The van der Waals surface area contributed by atoms with Gasteiger partial charge in [-0.15, -0.1) is 0 Å². The fourth-order valence-corrected chi connectivity index (χ4v) is 5.59. The second-order valence-electron chi connectivity index (χ2n) is 7.38. The molecule has 26 heavy (non-hydrogen) atoms. The number of aliphatic imine (C=N–C) groups is 1. The summed E-state index contributed by atoms with van der Waals surface area (Å²) in [6.45, 7) is 5.03. The number of nitrogens with one attached hydrogen (secondary N) is 2. The van der Waals surface area contributed by atoms with Crippen molar-refractivity contribution in [1.29, 1.82) is 0 Å². The second-order valence-corrected chi connectivity index (χ2v) is 9.61. The van der Waals surface area contributed by atoms with Gasteiger partial charge in [-0.05, 0) is 49.8 Å². The molecule has 2 heterocycles. The molecule has 0 aliphatic carbocycles. The zero-order valence-corrected chi connectivity index (χ0v) is 16.6. The number of hydrogen-bond acceptors (Lipinski definition) is 4. The minimum Gasteiger partial charge on any atom is -0.372 e. The topological polar surface area (TPSA) is 73.8 Å². The molecule has 0 saturated carbocycles. The zero-order valence-electron chi connectivity index (χ0n) is 15.7. The lowest BCUT2D eigenvalue weighted by molar-refractivity contribution is 0.562. The van der Waals surface area contributed by atoms with Crippen molar-refractivity contribution >= 4 is 21.5 Å². The van der Waals surface area contributed by atoms with E-state index in [2.05, 4.69) is 51.7 Å². The molecule has 2 N–H and O–H groups in total. The highest BCUT2D eigenvalue weighted by Crippen LogP contribution is 2.24. The van der Waals surface area contributed by atoms with Crippen molar-refractivity contribution in [2.45, 2.75) is 32.2 Å². The van der Waals surface area contributed by atoms with Crippen LogP contribution in [-0.2, 0) is 9.84 Å². The van der Waals surface area contributed by atoms with E-state index in [0.717, 1.165) is 19.5 Å². The van der Waals surface area contributed by atoms with Gasteiger partial charge in [-0.25, -0.2) is 8.42 Å². The molecular weight excluding hydrogens is 348 g/mol. The van der Waals surface area contributed by atoms with Crippen molar-refractivity contribution in [3.8, 4) is 0 Å². The predicted octanol–water partition coefficient (Wildman–Crippen LogP) is 1.95. The molecule has 2 aliphatic rings. The van der Waals surface area contributed by atoms with Gasteiger partial charge in [-0.3, -0.25) is 4.99 Å². The van der Waals surface area contributed by atoms with Crippen LogP contribution in [0, 0.1) is 5.92 Å². The van der Waals surface area contributed by atoms with Crippen LogP contribution in [0.15, 0.2) is 29.3 Å². The molecule has 0 bridgehead atoms. The highest BCUT2D eigenvalue weighted by atomic mass is 32.2. The molecule has 0 radical (unpaired) electrons. The first kappa shape index (κ1) is 19.0. The van der Waals surface area contributed by atoms with E-state index in [9.17, 15) is 8.42 Å². The number of nitrogens with zero attached hydrogens (tertiary/aromatic N) is 2. The minimum atomic E-state index is -2.83. The number of rotatable bonds is 5. The second kappa shape index (κ2) is 8.29. The molecule has 2 aliphatic heterocycles. The Kier molecular flexibility index (Phi) is 6.06. The van der Waals surface area contributed by atoms with Crippen molar-refractivity contribution in [2.75, 3.05) is 43.1 Å². The first-order valence-corrected chi connectivity index (χ1v) is 11.3. The molecule has 2 atom stereocenters. The highest BCUT2D eigenvalue weighted by Gasteiger charge is 2.27. The maximum Gasteiger partial charge on any atom is 0.191 e. The molecule has 6 nitrogen and oxygen atoms in total. The van der Waals surface area contributed by atoms with Crippen molar-refractivity contribution in [2.24, 2.45) is 10.9 Å². The maximum atomic E-state index is 11.6. The van der Waals surface area contributed by atoms with Crippen molar-refractivity contribution in [3.63, 3.8) is 0 Å². The van der Waals surface area contributed by atoms with Gasteiger partial charge in [-0.1, -0.05) is 12.1 Å². The first-order chi connectivity index (χ1) is 12.5. The van der Waals surface area contributed by atoms with Gasteiger partial charge in [0.2, 0.25) is 0 Å². The maximum absolute atomic E-state index is 11.6. The van der Waals surface area contributed by atoms with Crippen LogP contribution in [0.5, 0.6) is 0 Å². The normalized spacial score (nSPS) is 23.8. The fraction of sp³-hybridized carbons (Fsp3) is 0.632. The Morgan fingerprint density at radius 1 is 1.35 bits per heavy atom. The molecule has 0 spiro atoms. The molecule has 7 heteroatoms. The summed E-state index contributed by atoms with van der Waals surface area (Å²) in [6.07, 6.45) is 3.27. The Morgan fingerprint density at radius 3 is 2.77 bits per heavy atom. The van der Waals surface area contributed by atoms with Crippen LogP contribution in [0.25, 0.3) is 0 Å². The van der Waals surface area contributed by atoms with Crippen molar-refractivity contribution < 1.29 is 8.42 Å². The standard InChI is InChI=1S/C19H30N4O2S/c1-15(17-6-5-7-18(12-17)23-9-3-4-10-23)22-19(20-2)21-13-16-8-11-26(24,25)14-16/h5-7,12,15-16H,3-4,8-11,13-14H2,1-2H3,(H2,20,21,22). The van der Waals surface area contributed by atoms with E-state index in [1.165, 1.54) is 24.1 Å². The molecular formula is C19H30N4O2S. The van der Waals surface area contributed by atoms with E-state index in [1.807, 2.05) is 0 Å². The average Bonchev–Trinajstić information content (AvgIpc) is 3.28. The van der Waals surface area contributed by atoms with Gasteiger partial charge >= 0.3 is 0 Å². The van der Waals surface area contributed by atoms with E-state index < -0.39 is 9.84 Å². The summed E-state index contributed by atoms with van der Waals surface area (Å²) in [5, 5.41) is 6.70. The van der Waals surface area contributed by atoms with Gasteiger partial charge in [-0.2, -0.15) is 0 Å². The Morgan fingerprint density at radius 2 is 2.12 bits per heavy atom. The molecule has 1 aromatic carbocycles. The van der Waals surface area contributed by atoms with Crippen LogP contribution in [0.1, 0.15) is 37.8 Å². The molecule has 2 fully saturated rings. The van der Waals surface area contributed by atoms with E-state index in [1.54, 1.807) is 7.05 Å². The Balaban J connectivity index is 1.55. The van der Waals surface area contributed by atoms with Crippen LogP contribution in [0.3, 0.4) is 0 Å². The Bertz CT molecular complexity index is 742. The predicted molar refractivity (Wildman–Crippen MR) is 108 cm³/mol. The van der Waals surface area contributed by atoms with Gasteiger partial charge in [0.25, 0.3) is 0 Å². The lowest BCUT2D eigenvalue weighted by Crippen LogP contribution is -2.41. The third kappa shape index (κ3) is 4.90. The van der Waals surface area contributed by atoms with Crippen molar-refractivity contribution in [3.05, 3.63) is 29.8 Å². The van der Waals surface area contributed by atoms with E-state index in [0.29, 0.717) is 18.3 Å². The van der Waals surface area contributed by atoms with Gasteiger partial charge < -0.3 is 15.5 Å². The summed E-state index contributed by atoms with van der Waals surface area (Å²) in [5.41, 5.74) is 2.51. The third-order valence-electron chi connectivity index (χ3n) is 5.30. The lowest BCUT2D eigenvalue weighted by atomic mass is 10.1. The summed E-state index contributed by atoms with van der Waals surface area (Å²) >= 11 is 0. The smallest absolute Gasteiger partial charge is 0.191 e. The molecule has 1 aromatic rings. The molecule has 144 valence electrons. The first-order valence-electron chi connectivity index (χ1n) is 9.49. The Labute approximate surface area is 157 Å². The van der Waals surface area contributed by atoms with Crippen LogP contribution >= 0.6 is 0 Å². The number of benzene rings is 1. The van der Waals surface area contributed by atoms with Crippen LogP contribution in [0.2, 0.25) is 0 Å². The number of sulfone groups is 1. The van der Waals surface area contributed by atoms with E-state index >= 15 is 0 Å². The van der Waals surface area contributed by atoms with E-state index in [4.69, 9.17) is 0 Å². The summed E-state index contributed by atoms with van der Waals surface area (Å²) in [6, 6.07) is 8.79. The summed E-state index contributed by atoms with van der Waals surface area (Å²) in [5.74, 6) is 1.48.